The normalized spacial score (nSPS) is 22.6. The van der Waals surface area contributed by atoms with Crippen molar-refractivity contribution in [3.05, 3.63) is 59.7 Å². The van der Waals surface area contributed by atoms with Gasteiger partial charge in [0.05, 0.1) is 11.8 Å². The van der Waals surface area contributed by atoms with E-state index in [-0.39, 0.29) is 6.10 Å². The fourth-order valence-electron chi connectivity index (χ4n) is 3.18. The summed E-state index contributed by atoms with van der Waals surface area (Å²) in [4.78, 5) is 11.0. The third-order valence-electron chi connectivity index (χ3n) is 4.34. The van der Waals surface area contributed by atoms with Crippen LogP contribution in [0.3, 0.4) is 0 Å². The third-order valence-corrected chi connectivity index (χ3v) is 4.34. The molecular weight excluding hydrogens is 274 g/mol. The number of aliphatic hydroxyl groups excluding tert-OH is 1. The quantitative estimate of drug-likeness (QED) is 0.940. The summed E-state index contributed by atoms with van der Waals surface area (Å²) in [5.41, 5.74) is 2.36. The van der Waals surface area contributed by atoms with E-state index in [1.165, 1.54) is 5.56 Å². The van der Waals surface area contributed by atoms with Gasteiger partial charge in [-0.15, -0.1) is 0 Å². The number of likely N-dealkylation sites (tertiary alicyclic amines) is 1. The van der Waals surface area contributed by atoms with Gasteiger partial charge in [0.1, 0.15) is 5.82 Å². The Labute approximate surface area is 131 Å². The van der Waals surface area contributed by atoms with Crippen molar-refractivity contribution < 1.29 is 5.11 Å². The number of nitrogens with zero attached hydrogens (tertiary/aromatic N) is 3. The second-order valence-electron chi connectivity index (χ2n) is 6.14. The van der Waals surface area contributed by atoms with Crippen LogP contribution < -0.4 is 0 Å². The van der Waals surface area contributed by atoms with Gasteiger partial charge in [0.15, 0.2) is 0 Å². The highest BCUT2D eigenvalue weighted by molar-refractivity contribution is 5.16. The molecule has 1 aliphatic rings. The topological polar surface area (TPSA) is 49.2 Å². The first-order valence-electron chi connectivity index (χ1n) is 7.93. The molecule has 4 heteroatoms. The maximum absolute atomic E-state index is 10.3. The molecule has 3 rings (SSSR count). The van der Waals surface area contributed by atoms with Crippen LogP contribution >= 0.6 is 0 Å². The second-order valence-corrected chi connectivity index (χ2v) is 6.14. The summed E-state index contributed by atoms with van der Waals surface area (Å²) in [5, 5.41) is 10.3. The molecule has 2 aromatic rings. The van der Waals surface area contributed by atoms with Crippen molar-refractivity contribution in [3.8, 4) is 0 Å². The predicted octanol–water partition coefficient (Wildman–Crippen LogP) is 2.21. The molecule has 0 amide bonds. The van der Waals surface area contributed by atoms with Crippen LogP contribution in [-0.2, 0) is 13.0 Å². The molecule has 116 valence electrons. The van der Waals surface area contributed by atoms with Crippen molar-refractivity contribution in [2.24, 2.45) is 5.92 Å². The summed E-state index contributed by atoms with van der Waals surface area (Å²) in [6.07, 6.45) is 3.38. The Morgan fingerprint density at radius 1 is 1.23 bits per heavy atom. The fourth-order valence-corrected chi connectivity index (χ4v) is 3.18. The maximum Gasteiger partial charge on any atom is 0.125 e. The highest BCUT2D eigenvalue weighted by atomic mass is 16.3. The van der Waals surface area contributed by atoms with Crippen molar-refractivity contribution in [2.75, 3.05) is 13.1 Å². The van der Waals surface area contributed by atoms with Crippen molar-refractivity contribution in [1.29, 1.82) is 0 Å². The molecule has 22 heavy (non-hydrogen) atoms. The molecule has 0 saturated carbocycles. The zero-order chi connectivity index (χ0) is 15.4. The molecule has 1 aliphatic heterocycles. The van der Waals surface area contributed by atoms with Gasteiger partial charge in [0.25, 0.3) is 0 Å². The SMILES string of the molecule is Cc1nccc(CN2CC[C@H](O)[C@H](Cc3ccccc3)C2)n1. The number of hydrogen-bond acceptors (Lipinski definition) is 4. The highest BCUT2D eigenvalue weighted by Crippen LogP contribution is 2.22. The molecular formula is C18H23N3O. The molecule has 1 saturated heterocycles. The molecule has 1 N–H and O–H groups in total. The summed E-state index contributed by atoms with van der Waals surface area (Å²) in [7, 11) is 0. The van der Waals surface area contributed by atoms with Gasteiger partial charge in [-0.1, -0.05) is 30.3 Å². The number of piperidine rings is 1. The Kier molecular flexibility index (Phi) is 4.80. The average molecular weight is 297 g/mol. The van der Waals surface area contributed by atoms with E-state index in [9.17, 15) is 5.11 Å². The Morgan fingerprint density at radius 2 is 2.05 bits per heavy atom. The monoisotopic (exact) mass is 297 g/mol. The minimum atomic E-state index is -0.205. The average Bonchev–Trinajstić information content (AvgIpc) is 2.52. The van der Waals surface area contributed by atoms with E-state index >= 15 is 0 Å². The van der Waals surface area contributed by atoms with Crippen molar-refractivity contribution >= 4 is 0 Å². The first-order chi connectivity index (χ1) is 10.7. The van der Waals surface area contributed by atoms with E-state index in [1.807, 2.05) is 25.3 Å². The van der Waals surface area contributed by atoms with Gasteiger partial charge in [0, 0.05) is 31.7 Å². The maximum atomic E-state index is 10.3. The van der Waals surface area contributed by atoms with Crippen LogP contribution in [0.5, 0.6) is 0 Å². The van der Waals surface area contributed by atoms with Gasteiger partial charge in [-0.05, 0) is 31.4 Å². The molecule has 1 fully saturated rings. The van der Waals surface area contributed by atoms with E-state index in [1.54, 1.807) is 0 Å². The molecule has 1 aromatic carbocycles. The van der Waals surface area contributed by atoms with Gasteiger partial charge in [-0.25, -0.2) is 9.97 Å². The standard InChI is InChI=1S/C18H23N3O/c1-14-19-9-7-17(20-14)13-21-10-8-18(22)16(12-21)11-15-5-3-2-4-6-15/h2-7,9,16,18,22H,8,10-13H2,1H3/t16-,18+/m1/s1. The van der Waals surface area contributed by atoms with Gasteiger partial charge < -0.3 is 5.11 Å². The lowest BCUT2D eigenvalue weighted by Gasteiger charge is -2.36. The van der Waals surface area contributed by atoms with Crippen molar-refractivity contribution in [2.45, 2.75) is 32.4 Å². The fraction of sp³-hybridized carbons (Fsp3) is 0.444. The Hall–Kier alpha value is -1.78. The van der Waals surface area contributed by atoms with Gasteiger partial charge in [0.2, 0.25) is 0 Å². The van der Waals surface area contributed by atoms with Crippen molar-refractivity contribution in [3.63, 3.8) is 0 Å². The lowest BCUT2D eigenvalue weighted by Crippen LogP contribution is -2.43. The molecule has 2 atom stereocenters. The molecule has 2 heterocycles. The van der Waals surface area contributed by atoms with E-state index in [2.05, 4.69) is 39.1 Å². The number of aromatic nitrogens is 2. The van der Waals surface area contributed by atoms with Crippen LogP contribution in [0.4, 0.5) is 0 Å². The van der Waals surface area contributed by atoms with E-state index in [4.69, 9.17) is 0 Å². The van der Waals surface area contributed by atoms with Crippen LogP contribution in [0.2, 0.25) is 0 Å². The minimum absolute atomic E-state index is 0.205. The zero-order valence-corrected chi connectivity index (χ0v) is 13.0. The summed E-state index contributed by atoms with van der Waals surface area (Å²) in [6, 6.07) is 12.4. The molecule has 4 nitrogen and oxygen atoms in total. The molecule has 0 spiro atoms. The van der Waals surface area contributed by atoms with E-state index < -0.39 is 0 Å². The van der Waals surface area contributed by atoms with Crippen LogP contribution in [0.25, 0.3) is 0 Å². The summed E-state index contributed by atoms with van der Waals surface area (Å²) < 4.78 is 0. The molecule has 0 aliphatic carbocycles. The highest BCUT2D eigenvalue weighted by Gasteiger charge is 2.27. The van der Waals surface area contributed by atoms with Crippen molar-refractivity contribution in [1.82, 2.24) is 14.9 Å². The Morgan fingerprint density at radius 3 is 2.82 bits per heavy atom. The smallest absolute Gasteiger partial charge is 0.125 e. The number of rotatable bonds is 4. The van der Waals surface area contributed by atoms with Crippen LogP contribution in [0, 0.1) is 12.8 Å². The Balaban J connectivity index is 1.63. The van der Waals surface area contributed by atoms with Gasteiger partial charge in [-0.3, -0.25) is 4.90 Å². The summed E-state index contributed by atoms with van der Waals surface area (Å²) in [5.74, 6) is 1.11. The first-order valence-corrected chi connectivity index (χ1v) is 7.93. The molecule has 0 unspecified atom stereocenters. The summed E-state index contributed by atoms with van der Waals surface area (Å²) in [6.45, 7) is 4.59. The van der Waals surface area contributed by atoms with Crippen LogP contribution in [0.15, 0.2) is 42.6 Å². The number of benzene rings is 1. The van der Waals surface area contributed by atoms with E-state index in [0.29, 0.717) is 5.92 Å². The number of aliphatic hydroxyl groups is 1. The first kappa shape index (κ1) is 15.1. The van der Waals surface area contributed by atoms with Gasteiger partial charge >= 0.3 is 0 Å². The lowest BCUT2D eigenvalue weighted by atomic mass is 9.88. The Bertz CT molecular complexity index is 602. The number of aryl methyl sites for hydroxylation is 1. The lowest BCUT2D eigenvalue weighted by molar-refractivity contribution is 0.0235. The zero-order valence-electron chi connectivity index (χ0n) is 13.0. The van der Waals surface area contributed by atoms with Crippen LogP contribution in [0.1, 0.15) is 23.5 Å². The molecule has 1 aromatic heterocycles. The van der Waals surface area contributed by atoms with Crippen LogP contribution in [-0.4, -0.2) is 39.2 Å². The predicted molar refractivity (Wildman–Crippen MR) is 86.3 cm³/mol. The second kappa shape index (κ2) is 6.99. The third kappa shape index (κ3) is 3.90. The van der Waals surface area contributed by atoms with Gasteiger partial charge in [-0.2, -0.15) is 0 Å². The summed E-state index contributed by atoms with van der Waals surface area (Å²) >= 11 is 0. The van der Waals surface area contributed by atoms with E-state index in [0.717, 1.165) is 44.0 Å². The molecule has 0 bridgehead atoms. The molecule has 0 radical (unpaired) electrons. The number of hydrogen-bond donors (Lipinski definition) is 1. The largest absolute Gasteiger partial charge is 0.393 e. The minimum Gasteiger partial charge on any atom is -0.393 e.